The van der Waals surface area contributed by atoms with Crippen LogP contribution in [0.15, 0.2) is 12.7 Å². The molecular weight excluding hydrogens is 370 g/mol. The van der Waals surface area contributed by atoms with Crippen molar-refractivity contribution in [3.63, 3.8) is 0 Å². The zero-order valence-electron chi connectivity index (χ0n) is 15.2. The van der Waals surface area contributed by atoms with E-state index in [4.69, 9.17) is 4.74 Å². The Bertz CT molecular complexity index is 942. The Kier molecular flexibility index (Phi) is 4.08. The zero-order valence-corrected chi connectivity index (χ0v) is 16.0. The second-order valence-corrected chi connectivity index (χ2v) is 9.41. The highest BCUT2D eigenvalue weighted by Gasteiger charge is 2.46. The minimum atomic E-state index is -3.39. The summed E-state index contributed by atoms with van der Waals surface area (Å²) in [4.78, 5) is 15.4. The van der Waals surface area contributed by atoms with Crippen LogP contribution in [0.3, 0.4) is 0 Å². The van der Waals surface area contributed by atoms with Crippen molar-refractivity contribution < 1.29 is 13.2 Å². The molecular formula is C16H23N7O3S. The highest BCUT2D eigenvalue weighted by molar-refractivity contribution is 7.86. The predicted octanol–water partition coefficient (Wildman–Crippen LogP) is -0.692. The first kappa shape index (κ1) is 17.3. The van der Waals surface area contributed by atoms with Crippen molar-refractivity contribution in [2.45, 2.75) is 0 Å². The van der Waals surface area contributed by atoms with Crippen molar-refractivity contribution in [3.05, 3.63) is 12.7 Å². The Hall–Kier alpha value is -1.82. The average Bonchev–Trinajstić information content (AvgIpc) is 3.36. The summed E-state index contributed by atoms with van der Waals surface area (Å²) in [6.45, 7) is 4.56. The quantitative estimate of drug-likeness (QED) is 0.681. The summed E-state index contributed by atoms with van der Waals surface area (Å²) in [7, 11) is -1.47. The summed E-state index contributed by atoms with van der Waals surface area (Å²) in [6, 6.07) is 0. The van der Waals surface area contributed by atoms with Gasteiger partial charge in [-0.3, -0.25) is 0 Å². The molecule has 5 rings (SSSR count). The van der Waals surface area contributed by atoms with Crippen LogP contribution in [0.1, 0.15) is 0 Å². The first-order chi connectivity index (χ1) is 13.0. The SMILES string of the molecule is Cn1cnc2c(N3CC4CN(S(=O)(=O)N5CCOCC5)CC4C3)ncnc21. The zero-order chi connectivity index (χ0) is 18.6. The lowest BCUT2D eigenvalue weighted by molar-refractivity contribution is 0.0705. The van der Waals surface area contributed by atoms with E-state index in [0.717, 1.165) is 30.1 Å². The summed E-state index contributed by atoms with van der Waals surface area (Å²) < 4.78 is 36.2. The van der Waals surface area contributed by atoms with Crippen molar-refractivity contribution in [2.24, 2.45) is 18.9 Å². The van der Waals surface area contributed by atoms with Crippen molar-refractivity contribution >= 4 is 27.2 Å². The van der Waals surface area contributed by atoms with Crippen molar-refractivity contribution in [2.75, 3.05) is 57.4 Å². The van der Waals surface area contributed by atoms with Crippen LogP contribution in [-0.4, -0.2) is 89.0 Å². The third-order valence-electron chi connectivity index (χ3n) is 5.85. The maximum atomic E-state index is 12.9. The molecule has 0 bridgehead atoms. The molecule has 3 aliphatic rings. The monoisotopic (exact) mass is 393 g/mol. The molecule has 5 heterocycles. The summed E-state index contributed by atoms with van der Waals surface area (Å²) in [6.07, 6.45) is 3.32. The molecule has 146 valence electrons. The molecule has 0 aromatic carbocycles. The first-order valence-electron chi connectivity index (χ1n) is 9.24. The van der Waals surface area contributed by atoms with Crippen molar-refractivity contribution in [3.8, 4) is 0 Å². The fourth-order valence-electron chi connectivity index (χ4n) is 4.42. The van der Waals surface area contributed by atoms with Gasteiger partial charge in [-0.2, -0.15) is 17.0 Å². The van der Waals surface area contributed by atoms with Gasteiger partial charge in [-0.1, -0.05) is 0 Å². The Morgan fingerprint density at radius 1 is 1.00 bits per heavy atom. The van der Waals surface area contributed by atoms with Crippen LogP contribution in [0, 0.1) is 11.8 Å². The fraction of sp³-hybridized carbons (Fsp3) is 0.688. The van der Waals surface area contributed by atoms with Gasteiger partial charge >= 0.3 is 0 Å². The number of rotatable bonds is 3. The van der Waals surface area contributed by atoms with Gasteiger partial charge in [0.2, 0.25) is 0 Å². The van der Waals surface area contributed by atoms with Gasteiger partial charge in [0.25, 0.3) is 10.2 Å². The van der Waals surface area contributed by atoms with Gasteiger partial charge in [0, 0.05) is 46.3 Å². The highest BCUT2D eigenvalue weighted by Crippen LogP contribution is 2.36. The van der Waals surface area contributed by atoms with Crippen LogP contribution in [0.5, 0.6) is 0 Å². The molecule has 10 nitrogen and oxygen atoms in total. The van der Waals surface area contributed by atoms with E-state index in [2.05, 4.69) is 19.9 Å². The highest BCUT2D eigenvalue weighted by atomic mass is 32.2. The molecule has 2 aromatic rings. The van der Waals surface area contributed by atoms with Crippen LogP contribution in [0.2, 0.25) is 0 Å². The number of hydrogen-bond donors (Lipinski definition) is 0. The van der Waals surface area contributed by atoms with Gasteiger partial charge in [0.15, 0.2) is 17.0 Å². The maximum Gasteiger partial charge on any atom is 0.282 e. The van der Waals surface area contributed by atoms with Gasteiger partial charge in [-0.05, 0) is 11.8 Å². The number of aryl methyl sites for hydroxylation is 1. The standard InChI is InChI=1S/C16H23N7O3S/c1-20-11-19-14-15(20)17-10-18-16(14)21-6-12-8-23(9-13(12)7-21)27(24,25)22-2-4-26-5-3-22/h10-13H,2-9H2,1H3. The third-order valence-corrected chi connectivity index (χ3v) is 7.82. The maximum absolute atomic E-state index is 12.9. The Morgan fingerprint density at radius 3 is 2.41 bits per heavy atom. The second kappa shape index (κ2) is 6.36. The lowest BCUT2D eigenvalue weighted by Crippen LogP contribution is -2.48. The topological polar surface area (TPSA) is 96.7 Å². The van der Waals surface area contributed by atoms with E-state index < -0.39 is 10.2 Å². The van der Waals surface area contributed by atoms with Gasteiger partial charge in [0.05, 0.1) is 19.5 Å². The number of hydrogen-bond acceptors (Lipinski definition) is 7. The molecule has 2 aromatic heterocycles. The van der Waals surface area contributed by atoms with E-state index in [1.807, 2.05) is 11.6 Å². The van der Waals surface area contributed by atoms with Gasteiger partial charge < -0.3 is 14.2 Å². The van der Waals surface area contributed by atoms with E-state index in [0.29, 0.717) is 51.2 Å². The molecule has 0 amide bonds. The normalized spacial score (nSPS) is 27.5. The number of imidazole rings is 1. The largest absolute Gasteiger partial charge is 0.379 e. The summed E-state index contributed by atoms with van der Waals surface area (Å²) >= 11 is 0. The van der Waals surface area contributed by atoms with Crippen LogP contribution in [0.25, 0.3) is 11.2 Å². The minimum Gasteiger partial charge on any atom is -0.379 e. The fourth-order valence-corrected chi connectivity index (χ4v) is 6.11. The molecule has 0 spiro atoms. The number of ether oxygens (including phenoxy) is 1. The second-order valence-electron chi connectivity index (χ2n) is 7.49. The van der Waals surface area contributed by atoms with E-state index in [1.54, 1.807) is 21.3 Å². The number of anilines is 1. The van der Waals surface area contributed by atoms with E-state index in [9.17, 15) is 8.42 Å². The molecule has 2 unspecified atom stereocenters. The average molecular weight is 393 g/mol. The third kappa shape index (κ3) is 2.80. The first-order valence-corrected chi connectivity index (χ1v) is 10.6. The van der Waals surface area contributed by atoms with Gasteiger partial charge in [-0.25, -0.2) is 15.0 Å². The van der Waals surface area contributed by atoms with E-state index in [-0.39, 0.29) is 0 Å². The predicted molar refractivity (Wildman–Crippen MR) is 98.4 cm³/mol. The Morgan fingerprint density at radius 2 is 1.70 bits per heavy atom. The number of aromatic nitrogens is 4. The lowest BCUT2D eigenvalue weighted by Gasteiger charge is -2.31. The summed E-state index contributed by atoms with van der Waals surface area (Å²) in [5, 5.41) is 0. The summed E-state index contributed by atoms with van der Waals surface area (Å²) in [5.74, 6) is 1.47. The van der Waals surface area contributed by atoms with Crippen LogP contribution in [-0.2, 0) is 22.0 Å². The molecule has 2 atom stereocenters. The Labute approximate surface area is 157 Å². The molecule has 11 heteroatoms. The number of nitrogens with zero attached hydrogens (tertiary/aromatic N) is 7. The van der Waals surface area contributed by atoms with E-state index >= 15 is 0 Å². The van der Waals surface area contributed by atoms with Crippen LogP contribution < -0.4 is 4.90 Å². The number of fused-ring (bicyclic) bond motifs is 2. The molecule has 0 aliphatic carbocycles. The summed E-state index contributed by atoms with van der Waals surface area (Å²) in [5.41, 5.74) is 1.62. The molecule has 0 radical (unpaired) electrons. The smallest absolute Gasteiger partial charge is 0.282 e. The Balaban J connectivity index is 1.32. The molecule has 3 aliphatic heterocycles. The van der Waals surface area contributed by atoms with Crippen molar-refractivity contribution in [1.82, 2.24) is 28.1 Å². The molecule has 0 saturated carbocycles. The molecule has 3 fully saturated rings. The van der Waals surface area contributed by atoms with Crippen LogP contribution in [0.4, 0.5) is 5.82 Å². The van der Waals surface area contributed by atoms with Crippen LogP contribution >= 0.6 is 0 Å². The molecule has 0 N–H and O–H groups in total. The van der Waals surface area contributed by atoms with Gasteiger partial charge in [-0.15, -0.1) is 0 Å². The number of morpholine rings is 1. The van der Waals surface area contributed by atoms with E-state index in [1.165, 1.54) is 0 Å². The van der Waals surface area contributed by atoms with Gasteiger partial charge in [0.1, 0.15) is 6.33 Å². The lowest BCUT2D eigenvalue weighted by atomic mass is 10.0. The molecule has 27 heavy (non-hydrogen) atoms. The van der Waals surface area contributed by atoms with Crippen molar-refractivity contribution in [1.29, 1.82) is 0 Å². The molecule has 3 saturated heterocycles. The minimum absolute atomic E-state index is 0.314.